The SMILES string of the molecule is [C-]#[N+]c1cccc2c1sc1c2ccc2c1c1ccc(Oc3[c-]c(N4[CH-]N(c5c(-c6ccc(C(C)(C)C)cc6)cc(C(C)(C)C)cc5-c5ccc(C(C)(C)C)cc5)c5ccccc54)cc(C(C)(C)C)c3)[c-]c1n2-c1cc(C(C)(C)C)ccn1.[Pt]. The van der Waals surface area contributed by atoms with Gasteiger partial charge in [-0.2, -0.15) is 6.07 Å². The van der Waals surface area contributed by atoms with Gasteiger partial charge in [0.25, 0.3) is 0 Å². The van der Waals surface area contributed by atoms with Crippen LogP contribution in [-0.2, 0) is 48.1 Å². The van der Waals surface area contributed by atoms with Crippen LogP contribution < -0.4 is 14.5 Å². The number of anilines is 4. The zero-order chi connectivity index (χ0) is 58.0. The third kappa shape index (κ3) is 10.5. The van der Waals surface area contributed by atoms with E-state index in [1.807, 2.05) is 24.4 Å². The summed E-state index contributed by atoms with van der Waals surface area (Å²) in [4.78, 5) is 13.6. The maximum atomic E-state index is 8.01. The van der Waals surface area contributed by atoms with Crippen molar-refractivity contribution in [3.8, 4) is 39.6 Å². The van der Waals surface area contributed by atoms with Crippen molar-refractivity contribution >= 4 is 81.8 Å². The summed E-state index contributed by atoms with van der Waals surface area (Å²) >= 11 is 1.69. The van der Waals surface area contributed by atoms with E-state index in [9.17, 15) is 0 Å². The van der Waals surface area contributed by atoms with Gasteiger partial charge in [-0.15, -0.1) is 65.0 Å². The molecule has 0 atom stereocenters. The molecular weight excluding hydrogens is 1210 g/mol. The summed E-state index contributed by atoms with van der Waals surface area (Å²) in [5, 5.41) is 4.37. The maximum Gasteiger partial charge on any atom is 0.204 e. The molecule has 4 heterocycles. The maximum absolute atomic E-state index is 8.01. The van der Waals surface area contributed by atoms with Crippen molar-refractivity contribution in [2.24, 2.45) is 0 Å². The number of nitrogens with zero attached hydrogens (tertiary/aromatic N) is 5. The number of thiophene rings is 1. The molecule has 3 aromatic heterocycles. The second kappa shape index (κ2) is 20.7. The van der Waals surface area contributed by atoms with Crippen molar-refractivity contribution in [1.82, 2.24) is 9.55 Å². The summed E-state index contributed by atoms with van der Waals surface area (Å²) in [5.41, 5.74) is 17.0. The molecule has 0 saturated heterocycles. The Kier molecular flexibility index (Phi) is 14.3. The van der Waals surface area contributed by atoms with Crippen molar-refractivity contribution in [3.05, 3.63) is 216 Å². The number of ether oxygens (including phenoxy) is 1. The van der Waals surface area contributed by atoms with Crippen molar-refractivity contribution < 1.29 is 25.8 Å². The monoisotopic (exact) mass is 1290 g/mol. The fourth-order valence-electron chi connectivity index (χ4n) is 11.5. The molecule has 0 saturated carbocycles. The van der Waals surface area contributed by atoms with Crippen LogP contribution in [0.25, 0.3) is 74.9 Å². The van der Waals surface area contributed by atoms with E-state index < -0.39 is 0 Å². The number of para-hydroxylation sites is 2. The van der Waals surface area contributed by atoms with E-state index in [4.69, 9.17) is 16.3 Å². The standard InChI is InChI=1S/C75H72N5OS.Pt/c1-71(2,3)48-28-24-46(25-29-48)59-40-52(75(13,14)15)41-60(47-26-30-49(31-27-47)72(4,5)6)68(59)79-45-78(62-22-17-18-23-63(62)79)53-38-51(74(10,11)12)39-55(43-53)81-54-32-33-58-65(44-54)80(66-42-50(36-37-77-66)73(7,8)9)64-35-34-57-56-20-19-21-61(76-16)69(56)82-70(57)67(58)64;/h17-42,45H,1-15H3;/q-3;. The fourth-order valence-corrected chi connectivity index (χ4v) is 12.8. The molecule has 8 heteroatoms. The molecule has 1 aliphatic rings. The van der Waals surface area contributed by atoms with Crippen LogP contribution in [-0.4, -0.2) is 9.55 Å². The predicted molar refractivity (Wildman–Crippen MR) is 348 cm³/mol. The van der Waals surface area contributed by atoms with Crippen LogP contribution in [0, 0.1) is 25.4 Å². The third-order valence-corrected chi connectivity index (χ3v) is 17.6. The molecule has 12 rings (SSSR count). The Bertz CT molecular complexity index is 4290. The fraction of sp³-hybridized carbons (Fsp3) is 0.267. The molecule has 6 nitrogen and oxygen atoms in total. The molecule has 83 heavy (non-hydrogen) atoms. The summed E-state index contributed by atoms with van der Waals surface area (Å²) < 4.78 is 11.5. The van der Waals surface area contributed by atoms with Crippen LogP contribution in [0.15, 0.2) is 158 Å². The molecule has 0 amide bonds. The topological polar surface area (TPSA) is 37.9 Å². The Morgan fingerprint density at radius 2 is 1.06 bits per heavy atom. The van der Waals surface area contributed by atoms with Crippen LogP contribution in [0.3, 0.4) is 0 Å². The first-order chi connectivity index (χ1) is 38.7. The van der Waals surface area contributed by atoms with Gasteiger partial charge in [0.05, 0.1) is 6.57 Å². The molecule has 422 valence electrons. The number of hydrogen-bond acceptors (Lipinski definition) is 5. The van der Waals surface area contributed by atoms with Gasteiger partial charge in [0.1, 0.15) is 5.82 Å². The van der Waals surface area contributed by atoms with E-state index in [0.29, 0.717) is 17.2 Å². The summed E-state index contributed by atoms with van der Waals surface area (Å²) in [7, 11) is 0. The minimum absolute atomic E-state index is 0. The van der Waals surface area contributed by atoms with Gasteiger partial charge in [-0.1, -0.05) is 194 Å². The molecule has 1 aliphatic heterocycles. The van der Waals surface area contributed by atoms with Gasteiger partial charge in [-0.3, -0.25) is 0 Å². The Labute approximate surface area is 509 Å². The Balaban J connectivity index is 0.00000721. The van der Waals surface area contributed by atoms with Crippen molar-refractivity contribution in [1.29, 1.82) is 0 Å². The van der Waals surface area contributed by atoms with Crippen molar-refractivity contribution in [2.45, 2.75) is 131 Å². The van der Waals surface area contributed by atoms with Gasteiger partial charge in [0, 0.05) is 81.9 Å². The molecule has 0 fully saturated rings. The molecule has 0 aliphatic carbocycles. The van der Waals surface area contributed by atoms with Crippen LogP contribution in [0.5, 0.6) is 11.5 Å². The van der Waals surface area contributed by atoms with E-state index in [2.05, 4.69) is 275 Å². The van der Waals surface area contributed by atoms with E-state index in [0.717, 1.165) is 98.4 Å². The molecule has 0 N–H and O–H groups in total. The van der Waals surface area contributed by atoms with Crippen LogP contribution in [0.1, 0.15) is 132 Å². The molecule has 0 unspecified atom stereocenters. The second-order valence-corrected chi connectivity index (χ2v) is 28.4. The molecule has 8 aromatic carbocycles. The molecular formula is C75H72N5OPtS-3. The first kappa shape index (κ1) is 57.3. The van der Waals surface area contributed by atoms with Crippen LogP contribution in [0.2, 0.25) is 0 Å². The Morgan fingerprint density at radius 1 is 0.506 bits per heavy atom. The summed E-state index contributed by atoms with van der Waals surface area (Å²) in [6.07, 6.45) is 1.91. The van der Waals surface area contributed by atoms with E-state index >= 15 is 0 Å². The summed E-state index contributed by atoms with van der Waals surface area (Å²) in [6, 6.07) is 62.9. The first-order valence-electron chi connectivity index (χ1n) is 28.6. The van der Waals surface area contributed by atoms with Crippen LogP contribution in [0.4, 0.5) is 28.4 Å². The van der Waals surface area contributed by atoms with E-state index in [-0.39, 0.29) is 48.1 Å². The smallest absolute Gasteiger partial charge is 0.204 e. The Hall–Kier alpha value is -7.49. The third-order valence-electron chi connectivity index (χ3n) is 16.4. The zero-order valence-electron chi connectivity index (χ0n) is 50.5. The van der Waals surface area contributed by atoms with Crippen molar-refractivity contribution in [3.63, 3.8) is 0 Å². The number of aromatic nitrogens is 2. The van der Waals surface area contributed by atoms with Gasteiger partial charge < -0.3 is 19.1 Å². The van der Waals surface area contributed by atoms with Crippen molar-refractivity contribution in [2.75, 3.05) is 9.80 Å². The normalized spacial score (nSPS) is 13.3. The Morgan fingerprint density at radius 3 is 1.64 bits per heavy atom. The molecule has 0 radical (unpaired) electrons. The zero-order valence-corrected chi connectivity index (χ0v) is 53.5. The number of rotatable bonds is 7. The van der Waals surface area contributed by atoms with Gasteiger partial charge in [0.15, 0.2) is 0 Å². The first-order valence-corrected chi connectivity index (χ1v) is 29.4. The summed E-state index contributed by atoms with van der Waals surface area (Å²) in [5.74, 6) is 1.96. The van der Waals surface area contributed by atoms with Crippen LogP contribution >= 0.6 is 11.3 Å². The van der Waals surface area contributed by atoms with Gasteiger partial charge in [-0.05, 0) is 119 Å². The number of fused-ring (bicyclic) bond motifs is 8. The number of hydrogen-bond donors (Lipinski definition) is 0. The van der Waals surface area contributed by atoms with Gasteiger partial charge in [-0.25, -0.2) is 9.83 Å². The largest absolute Gasteiger partial charge is 0.509 e. The predicted octanol–water partition coefficient (Wildman–Crippen LogP) is 21.7. The quantitative estimate of drug-likeness (QED) is 0.149. The van der Waals surface area contributed by atoms with E-state index in [1.54, 1.807) is 11.3 Å². The summed E-state index contributed by atoms with van der Waals surface area (Å²) in [6.45, 7) is 44.3. The molecule has 0 bridgehead atoms. The minimum atomic E-state index is -0.241. The van der Waals surface area contributed by atoms with Gasteiger partial charge >= 0.3 is 0 Å². The van der Waals surface area contributed by atoms with E-state index in [1.165, 1.54) is 22.3 Å². The average Bonchev–Trinajstić information content (AvgIpc) is 3.16. The number of benzene rings is 8. The van der Waals surface area contributed by atoms with Gasteiger partial charge in [0.2, 0.25) is 5.69 Å². The minimum Gasteiger partial charge on any atom is -0.509 e. The second-order valence-electron chi connectivity index (χ2n) is 27.4. The molecule has 0 spiro atoms. The molecule has 11 aromatic rings. The average molecular weight is 1290 g/mol. The number of pyridine rings is 1.